The van der Waals surface area contributed by atoms with Gasteiger partial charge in [-0.1, -0.05) is 18.2 Å². The fourth-order valence-corrected chi connectivity index (χ4v) is 2.93. The van der Waals surface area contributed by atoms with Crippen LogP contribution in [0.1, 0.15) is 10.4 Å². The summed E-state index contributed by atoms with van der Waals surface area (Å²) in [5, 5.41) is 4.76. The van der Waals surface area contributed by atoms with Gasteiger partial charge < -0.3 is 15.0 Å². The summed E-state index contributed by atoms with van der Waals surface area (Å²) >= 11 is 0. The van der Waals surface area contributed by atoms with Gasteiger partial charge in [0.15, 0.2) is 0 Å². The van der Waals surface area contributed by atoms with Crippen LogP contribution in [0.15, 0.2) is 60.9 Å². The lowest BCUT2D eigenvalue weighted by Crippen LogP contribution is -2.12. The van der Waals surface area contributed by atoms with Crippen molar-refractivity contribution < 1.29 is 9.53 Å². The Hall–Kier alpha value is -3.34. The number of rotatable bonds is 3. The van der Waals surface area contributed by atoms with Crippen LogP contribution in [-0.4, -0.2) is 23.0 Å². The Morgan fingerprint density at radius 1 is 1.08 bits per heavy atom. The molecule has 24 heavy (non-hydrogen) atoms. The molecule has 0 unspecified atom stereocenters. The molecule has 0 aliphatic carbocycles. The Balaban J connectivity index is 1.90. The smallest absolute Gasteiger partial charge is 0.256 e. The highest BCUT2D eigenvalue weighted by Gasteiger charge is 2.17. The van der Waals surface area contributed by atoms with E-state index >= 15 is 0 Å². The minimum atomic E-state index is -0.168. The molecule has 4 aromatic rings. The SMILES string of the molecule is COc1ccc(C(=O)Nc2ccncc2)c2c1[nH]c1ccccc12. The third-order valence-electron chi connectivity index (χ3n) is 4.03. The van der Waals surface area contributed by atoms with Crippen molar-refractivity contribution in [2.75, 3.05) is 12.4 Å². The number of carbonyl (C=O) groups excluding carboxylic acids is 1. The van der Waals surface area contributed by atoms with Crippen LogP contribution in [0, 0.1) is 0 Å². The van der Waals surface area contributed by atoms with E-state index in [1.54, 1.807) is 43.8 Å². The van der Waals surface area contributed by atoms with Gasteiger partial charge in [0.25, 0.3) is 5.91 Å². The highest BCUT2D eigenvalue weighted by atomic mass is 16.5. The summed E-state index contributed by atoms with van der Waals surface area (Å²) in [6, 6.07) is 15.0. The van der Waals surface area contributed by atoms with E-state index in [1.807, 2.05) is 24.3 Å². The third kappa shape index (κ3) is 2.27. The predicted octanol–water partition coefficient (Wildman–Crippen LogP) is 3.98. The fraction of sp³-hybridized carbons (Fsp3) is 0.0526. The molecule has 0 atom stereocenters. The molecule has 5 nitrogen and oxygen atoms in total. The van der Waals surface area contributed by atoms with Gasteiger partial charge in [0.1, 0.15) is 5.75 Å². The summed E-state index contributed by atoms with van der Waals surface area (Å²) in [4.78, 5) is 20.1. The van der Waals surface area contributed by atoms with Crippen LogP contribution in [0.2, 0.25) is 0 Å². The number of nitrogens with zero attached hydrogens (tertiary/aromatic N) is 1. The Morgan fingerprint density at radius 3 is 2.67 bits per heavy atom. The van der Waals surface area contributed by atoms with E-state index in [0.29, 0.717) is 17.0 Å². The van der Waals surface area contributed by atoms with E-state index in [1.165, 1.54) is 0 Å². The molecule has 0 fully saturated rings. The predicted molar refractivity (Wildman–Crippen MR) is 94.5 cm³/mol. The van der Waals surface area contributed by atoms with Crippen molar-refractivity contribution >= 4 is 33.4 Å². The first-order chi connectivity index (χ1) is 11.8. The minimum absolute atomic E-state index is 0.168. The van der Waals surface area contributed by atoms with Gasteiger partial charge in [0.2, 0.25) is 0 Å². The molecule has 0 saturated heterocycles. The molecule has 0 aliphatic heterocycles. The quantitative estimate of drug-likeness (QED) is 0.600. The molecule has 0 radical (unpaired) electrons. The zero-order chi connectivity index (χ0) is 16.5. The minimum Gasteiger partial charge on any atom is -0.495 e. The van der Waals surface area contributed by atoms with Crippen molar-refractivity contribution in [1.82, 2.24) is 9.97 Å². The van der Waals surface area contributed by atoms with Crippen LogP contribution in [0.3, 0.4) is 0 Å². The van der Waals surface area contributed by atoms with Crippen molar-refractivity contribution in [3.63, 3.8) is 0 Å². The number of pyridine rings is 1. The molecule has 0 spiro atoms. The first-order valence-electron chi connectivity index (χ1n) is 7.56. The molecule has 1 amide bonds. The molecule has 118 valence electrons. The van der Waals surface area contributed by atoms with Gasteiger partial charge in [-0.25, -0.2) is 0 Å². The number of methoxy groups -OCH3 is 1. The second kappa shape index (κ2) is 5.70. The number of aromatic nitrogens is 2. The van der Waals surface area contributed by atoms with Crippen molar-refractivity contribution in [2.24, 2.45) is 0 Å². The van der Waals surface area contributed by atoms with Gasteiger partial charge in [-0.15, -0.1) is 0 Å². The van der Waals surface area contributed by atoms with Gasteiger partial charge in [0.05, 0.1) is 12.6 Å². The number of carbonyl (C=O) groups is 1. The number of anilines is 1. The Kier molecular flexibility index (Phi) is 3.39. The van der Waals surface area contributed by atoms with Crippen LogP contribution in [0.4, 0.5) is 5.69 Å². The maximum atomic E-state index is 12.8. The van der Waals surface area contributed by atoms with Crippen LogP contribution >= 0.6 is 0 Å². The van der Waals surface area contributed by atoms with E-state index in [2.05, 4.69) is 15.3 Å². The number of amides is 1. The Bertz CT molecular complexity index is 1040. The molecule has 2 aromatic carbocycles. The average Bonchev–Trinajstić information content (AvgIpc) is 3.01. The number of ether oxygens (including phenoxy) is 1. The van der Waals surface area contributed by atoms with Crippen LogP contribution in [0.5, 0.6) is 5.75 Å². The standard InChI is InChI=1S/C19H15N3O2/c1-24-16-7-6-14(19(23)21-12-8-10-20-11-9-12)17-13-4-2-3-5-15(13)22-18(16)17/h2-11,22H,1H3,(H,20,21,23). The van der Waals surface area contributed by atoms with E-state index in [9.17, 15) is 4.79 Å². The second-order valence-corrected chi connectivity index (χ2v) is 5.43. The molecule has 0 aliphatic rings. The van der Waals surface area contributed by atoms with Crippen LogP contribution < -0.4 is 10.1 Å². The number of H-pyrrole nitrogens is 1. The van der Waals surface area contributed by atoms with E-state index < -0.39 is 0 Å². The number of hydrogen-bond acceptors (Lipinski definition) is 3. The summed E-state index contributed by atoms with van der Waals surface area (Å²) in [6.07, 6.45) is 3.29. The number of hydrogen-bond donors (Lipinski definition) is 2. The molecule has 5 heteroatoms. The molecular weight excluding hydrogens is 302 g/mol. The highest BCUT2D eigenvalue weighted by molar-refractivity contribution is 6.21. The molecular formula is C19H15N3O2. The normalized spacial score (nSPS) is 10.9. The van der Waals surface area contributed by atoms with Gasteiger partial charge >= 0.3 is 0 Å². The zero-order valence-corrected chi connectivity index (χ0v) is 13.0. The number of nitrogens with one attached hydrogen (secondary N) is 2. The topological polar surface area (TPSA) is 67.0 Å². The largest absolute Gasteiger partial charge is 0.495 e. The first kappa shape index (κ1) is 14.3. The van der Waals surface area contributed by atoms with E-state index in [4.69, 9.17) is 4.74 Å². The van der Waals surface area contributed by atoms with Crippen LogP contribution in [-0.2, 0) is 0 Å². The highest BCUT2D eigenvalue weighted by Crippen LogP contribution is 2.34. The van der Waals surface area contributed by atoms with Crippen molar-refractivity contribution in [3.05, 3.63) is 66.5 Å². The fourth-order valence-electron chi connectivity index (χ4n) is 2.93. The van der Waals surface area contributed by atoms with Crippen molar-refractivity contribution in [2.45, 2.75) is 0 Å². The monoisotopic (exact) mass is 317 g/mol. The van der Waals surface area contributed by atoms with Gasteiger partial charge in [0, 0.05) is 39.9 Å². The number of aromatic amines is 1. The van der Waals surface area contributed by atoms with Gasteiger partial charge in [-0.3, -0.25) is 9.78 Å². The summed E-state index contributed by atoms with van der Waals surface area (Å²) in [6.45, 7) is 0. The summed E-state index contributed by atoms with van der Waals surface area (Å²) in [5.74, 6) is 0.542. The molecule has 2 aromatic heterocycles. The summed E-state index contributed by atoms with van der Waals surface area (Å²) in [7, 11) is 1.62. The molecule has 2 heterocycles. The maximum absolute atomic E-state index is 12.8. The Morgan fingerprint density at radius 2 is 1.88 bits per heavy atom. The molecule has 2 N–H and O–H groups in total. The zero-order valence-electron chi connectivity index (χ0n) is 13.0. The lowest BCUT2D eigenvalue weighted by Gasteiger charge is -2.08. The molecule has 0 saturated carbocycles. The average molecular weight is 317 g/mol. The molecule has 0 bridgehead atoms. The second-order valence-electron chi connectivity index (χ2n) is 5.43. The number of fused-ring (bicyclic) bond motifs is 3. The maximum Gasteiger partial charge on any atom is 0.256 e. The molecule has 4 rings (SSSR count). The third-order valence-corrected chi connectivity index (χ3v) is 4.03. The lowest BCUT2D eigenvalue weighted by atomic mass is 10.0. The van der Waals surface area contributed by atoms with Crippen molar-refractivity contribution in [1.29, 1.82) is 0 Å². The van der Waals surface area contributed by atoms with E-state index in [0.717, 1.165) is 21.8 Å². The Labute approximate surface area is 138 Å². The number of benzene rings is 2. The van der Waals surface area contributed by atoms with Crippen molar-refractivity contribution in [3.8, 4) is 5.75 Å². The number of para-hydroxylation sites is 1. The first-order valence-corrected chi connectivity index (χ1v) is 7.56. The lowest BCUT2D eigenvalue weighted by molar-refractivity contribution is 0.102. The van der Waals surface area contributed by atoms with Gasteiger partial charge in [-0.05, 0) is 30.3 Å². The van der Waals surface area contributed by atoms with E-state index in [-0.39, 0.29) is 5.91 Å². The summed E-state index contributed by atoms with van der Waals surface area (Å²) < 4.78 is 5.44. The van der Waals surface area contributed by atoms with Crippen LogP contribution in [0.25, 0.3) is 21.8 Å². The van der Waals surface area contributed by atoms with Gasteiger partial charge in [-0.2, -0.15) is 0 Å². The summed E-state index contributed by atoms with van der Waals surface area (Å²) in [5.41, 5.74) is 3.09.